The van der Waals surface area contributed by atoms with Crippen molar-refractivity contribution in [2.75, 3.05) is 0 Å². The molecular formula is C11H16N2O2. The Balaban J connectivity index is 2.32. The number of primary amides is 1. The van der Waals surface area contributed by atoms with Crippen LogP contribution in [-0.4, -0.2) is 17.9 Å². The number of hydrogen-bond acceptors (Lipinski definition) is 2. The minimum Gasteiger partial charge on any atom is -0.368 e. The summed E-state index contributed by atoms with van der Waals surface area (Å²) in [5, 5.41) is 2.66. The van der Waals surface area contributed by atoms with Crippen LogP contribution >= 0.6 is 0 Å². The summed E-state index contributed by atoms with van der Waals surface area (Å²) in [5.41, 5.74) is 5.18. The SMILES string of the molecule is C#CCCC[C@H](NC(=O)C1CC1)C(N)=O. The van der Waals surface area contributed by atoms with Gasteiger partial charge in [-0.1, -0.05) is 0 Å². The molecule has 4 nitrogen and oxygen atoms in total. The fraction of sp³-hybridized carbons (Fsp3) is 0.636. The van der Waals surface area contributed by atoms with Gasteiger partial charge in [0.05, 0.1) is 0 Å². The summed E-state index contributed by atoms with van der Waals surface area (Å²) in [6, 6.07) is -0.563. The second kappa shape index (κ2) is 5.40. The van der Waals surface area contributed by atoms with Gasteiger partial charge in [-0.3, -0.25) is 9.59 Å². The van der Waals surface area contributed by atoms with E-state index in [4.69, 9.17) is 12.2 Å². The van der Waals surface area contributed by atoms with Crippen molar-refractivity contribution >= 4 is 11.8 Å². The third kappa shape index (κ3) is 4.03. The highest BCUT2D eigenvalue weighted by molar-refractivity contribution is 5.88. The van der Waals surface area contributed by atoms with Crippen LogP contribution in [0.1, 0.15) is 32.1 Å². The Kier molecular flexibility index (Phi) is 4.17. The second-order valence-corrected chi connectivity index (χ2v) is 3.83. The molecule has 0 radical (unpaired) electrons. The van der Waals surface area contributed by atoms with E-state index >= 15 is 0 Å². The van der Waals surface area contributed by atoms with Crippen LogP contribution in [0.15, 0.2) is 0 Å². The van der Waals surface area contributed by atoms with Crippen LogP contribution in [0.5, 0.6) is 0 Å². The summed E-state index contributed by atoms with van der Waals surface area (Å²) in [6.07, 6.45) is 8.76. The maximum atomic E-state index is 11.4. The zero-order chi connectivity index (χ0) is 11.3. The first-order chi connectivity index (χ1) is 7.15. The van der Waals surface area contributed by atoms with Crippen LogP contribution < -0.4 is 11.1 Å². The van der Waals surface area contributed by atoms with Crippen LogP contribution in [0.3, 0.4) is 0 Å². The van der Waals surface area contributed by atoms with E-state index < -0.39 is 11.9 Å². The van der Waals surface area contributed by atoms with Gasteiger partial charge in [0, 0.05) is 12.3 Å². The summed E-state index contributed by atoms with van der Waals surface area (Å²) < 4.78 is 0. The number of rotatable bonds is 6. The zero-order valence-corrected chi connectivity index (χ0v) is 8.66. The number of terminal acetylenes is 1. The summed E-state index contributed by atoms with van der Waals surface area (Å²) in [6.45, 7) is 0. The van der Waals surface area contributed by atoms with Crippen molar-refractivity contribution in [2.45, 2.75) is 38.1 Å². The fourth-order valence-corrected chi connectivity index (χ4v) is 1.33. The van der Waals surface area contributed by atoms with Gasteiger partial charge in [-0.2, -0.15) is 0 Å². The predicted molar refractivity (Wildman–Crippen MR) is 56.5 cm³/mol. The number of nitrogens with one attached hydrogen (secondary N) is 1. The van der Waals surface area contributed by atoms with Gasteiger partial charge in [0.2, 0.25) is 11.8 Å². The standard InChI is InChI=1S/C11H16N2O2/c1-2-3-4-5-9(10(12)14)13-11(15)8-6-7-8/h1,8-9H,3-7H2,(H2,12,14)(H,13,15)/t9-/m0/s1. The van der Waals surface area contributed by atoms with Crippen molar-refractivity contribution in [2.24, 2.45) is 11.7 Å². The van der Waals surface area contributed by atoms with E-state index in [0.29, 0.717) is 19.3 Å². The molecule has 1 aliphatic carbocycles. The maximum Gasteiger partial charge on any atom is 0.240 e. The van der Waals surface area contributed by atoms with Crippen molar-refractivity contribution in [3.05, 3.63) is 0 Å². The summed E-state index contributed by atoms with van der Waals surface area (Å²) in [5.74, 6) is 2.04. The Labute approximate surface area is 89.6 Å². The van der Waals surface area contributed by atoms with E-state index in [1.54, 1.807) is 0 Å². The van der Waals surface area contributed by atoms with Crippen molar-refractivity contribution in [3.8, 4) is 12.3 Å². The van der Waals surface area contributed by atoms with E-state index in [1.807, 2.05) is 0 Å². The minimum atomic E-state index is -0.563. The molecule has 0 saturated heterocycles. The molecule has 82 valence electrons. The number of hydrogen-bond donors (Lipinski definition) is 2. The Bertz CT molecular complexity index is 289. The molecule has 0 aromatic carbocycles. The average Bonchev–Trinajstić information content (AvgIpc) is 2.99. The van der Waals surface area contributed by atoms with Gasteiger partial charge >= 0.3 is 0 Å². The lowest BCUT2D eigenvalue weighted by Gasteiger charge is -2.14. The average molecular weight is 208 g/mol. The molecule has 1 atom stereocenters. The Hall–Kier alpha value is -1.50. The third-order valence-corrected chi connectivity index (χ3v) is 2.42. The van der Waals surface area contributed by atoms with Crippen molar-refractivity contribution < 1.29 is 9.59 Å². The number of unbranched alkanes of at least 4 members (excludes halogenated alkanes) is 1. The second-order valence-electron chi connectivity index (χ2n) is 3.83. The smallest absolute Gasteiger partial charge is 0.240 e. The predicted octanol–water partition coefficient (Wildman–Crippen LogP) is 0.170. The molecule has 0 spiro atoms. The van der Waals surface area contributed by atoms with Gasteiger partial charge < -0.3 is 11.1 Å². The van der Waals surface area contributed by atoms with Crippen molar-refractivity contribution in [1.29, 1.82) is 0 Å². The maximum absolute atomic E-state index is 11.4. The van der Waals surface area contributed by atoms with E-state index in [9.17, 15) is 9.59 Å². The quantitative estimate of drug-likeness (QED) is 0.482. The molecule has 0 heterocycles. The number of nitrogens with two attached hydrogens (primary N) is 1. The van der Waals surface area contributed by atoms with Crippen LogP contribution in [0.4, 0.5) is 0 Å². The number of amides is 2. The number of carbonyl (C=O) groups is 2. The van der Waals surface area contributed by atoms with E-state index in [1.165, 1.54) is 0 Å². The monoisotopic (exact) mass is 208 g/mol. The molecule has 0 unspecified atom stereocenters. The van der Waals surface area contributed by atoms with E-state index in [0.717, 1.165) is 12.8 Å². The van der Waals surface area contributed by atoms with E-state index in [2.05, 4.69) is 11.2 Å². The van der Waals surface area contributed by atoms with Gasteiger partial charge in [0.1, 0.15) is 6.04 Å². The third-order valence-electron chi connectivity index (χ3n) is 2.42. The largest absolute Gasteiger partial charge is 0.368 e. The van der Waals surface area contributed by atoms with Crippen LogP contribution in [0.2, 0.25) is 0 Å². The Morgan fingerprint density at radius 1 is 1.53 bits per heavy atom. The molecular weight excluding hydrogens is 192 g/mol. The molecule has 2 amide bonds. The van der Waals surface area contributed by atoms with Crippen molar-refractivity contribution in [1.82, 2.24) is 5.32 Å². The molecule has 1 rings (SSSR count). The number of carbonyl (C=O) groups excluding carboxylic acids is 2. The first-order valence-corrected chi connectivity index (χ1v) is 5.18. The van der Waals surface area contributed by atoms with E-state index in [-0.39, 0.29) is 11.8 Å². The summed E-state index contributed by atoms with van der Waals surface area (Å²) in [7, 11) is 0. The first-order valence-electron chi connectivity index (χ1n) is 5.18. The molecule has 1 fully saturated rings. The summed E-state index contributed by atoms with van der Waals surface area (Å²) in [4.78, 5) is 22.4. The van der Waals surface area contributed by atoms with Crippen LogP contribution in [-0.2, 0) is 9.59 Å². The fourth-order valence-electron chi connectivity index (χ4n) is 1.33. The molecule has 1 aliphatic rings. The molecule has 0 aromatic rings. The van der Waals surface area contributed by atoms with Gasteiger partial charge in [0.25, 0.3) is 0 Å². The first kappa shape index (κ1) is 11.6. The molecule has 4 heteroatoms. The Morgan fingerprint density at radius 3 is 2.67 bits per heavy atom. The lowest BCUT2D eigenvalue weighted by Crippen LogP contribution is -2.44. The lowest BCUT2D eigenvalue weighted by atomic mass is 10.1. The van der Waals surface area contributed by atoms with Crippen molar-refractivity contribution in [3.63, 3.8) is 0 Å². The van der Waals surface area contributed by atoms with Gasteiger partial charge in [-0.05, 0) is 25.7 Å². The highest BCUT2D eigenvalue weighted by atomic mass is 16.2. The normalized spacial score (nSPS) is 16.5. The zero-order valence-electron chi connectivity index (χ0n) is 8.66. The molecule has 0 aliphatic heterocycles. The van der Waals surface area contributed by atoms with Gasteiger partial charge in [-0.15, -0.1) is 12.3 Å². The molecule has 3 N–H and O–H groups in total. The van der Waals surface area contributed by atoms with Gasteiger partial charge in [-0.25, -0.2) is 0 Å². The van der Waals surface area contributed by atoms with Crippen LogP contribution in [0, 0.1) is 18.3 Å². The van der Waals surface area contributed by atoms with Gasteiger partial charge in [0.15, 0.2) is 0 Å². The highest BCUT2D eigenvalue weighted by Crippen LogP contribution is 2.28. The Morgan fingerprint density at radius 2 is 2.20 bits per heavy atom. The molecule has 15 heavy (non-hydrogen) atoms. The lowest BCUT2D eigenvalue weighted by molar-refractivity contribution is -0.128. The summed E-state index contributed by atoms with van der Waals surface area (Å²) >= 11 is 0. The highest BCUT2D eigenvalue weighted by Gasteiger charge is 2.31. The molecule has 1 saturated carbocycles. The molecule has 0 bridgehead atoms. The van der Waals surface area contributed by atoms with Crippen LogP contribution in [0.25, 0.3) is 0 Å². The molecule has 0 aromatic heterocycles. The minimum absolute atomic E-state index is 0.0560. The topological polar surface area (TPSA) is 72.2 Å².